The molecule has 0 aliphatic heterocycles. The van der Waals surface area contributed by atoms with Crippen LogP contribution < -0.4 is 4.74 Å². The van der Waals surface area contributed by atoms with Crippen molar-refractivity contribution in [1.29, 1.82) is 0 Å². The van der Waals surface area contributed by atoms with Gasteiger partial charge in [0.05, 0.1) is 10.0 Å². The molecule has 0 aliphatic carbocycles. The van der Waals surface area contributed by atoms with Crippen LogP contribution in [0.25, 0.3) is 0 Å². The highest BCUT2D eigenvalue weighted by Gasteiger charge is 2.12. The number of Topliss-reactive ketones (excluding diaryl/α,β-unsaturated/α-hetero) is 1. The van der Waals surface area contributed by atoms with Crippen LogP contribution in [0, 0.1) is 5.82 Å². The lowest BCUT2D eigenvalue weighted by Crippen LogP contribution is -1.98. The maximum absolute atomic E-state index is 13.1. The summed E-state index contributed by atoms with van der Waals surface area (Å²) in [5.74, 6) is 0.0581. The van der Waals surface area contributed by atoms with Crippen molar-refractivity contribution >= 4 is 33.3 Å². The fraction of sp³-hybridized carbons (Fsp3) is 0.0714. The molecule has 2 rings (SSSR count). The first kappa shape index (κ1) is 14.0. The highest BCUT2D eigenvalue weighted by molar-refractivity contribution is 9.10. The van der Waals surface area contributed by atoms with Gasteiger partial charge in [-0.3, -0.25) is 4.79 Å². The molecule has 2 nitrogen and oxygen atoms in total. The molecule has 2 aromatic carbocycles. The van der Waals surface area contributed by atoms with Crippen LogP contribution >= 0.6 is 27.5 Å². The summed E-state index contributed by atoms with van der Waals surface area (Å²) < 4.78 is 19.4. The quantitative estimate of drug-likeness (QED) is 0.713. The molecule has 0 atom stereocenters. The Morgan fingerprint density at radius 3 is 2.53 bits per heavy atom. The lowest BCUT2D eigenvalue weighted by Gasteiger charge is -2.11. The number of hydrogen-bond donors (Lipinski definition) is 0. The molecule has 0 radical (unpaired) electrons. The molecule has 0 amide bonds. The lowest BCUT2D eigenvalue weighted by molar-refractivity contribution is 0.101. The molecule has 0 aliphatic rings. The van der Waals surface area contributed by atoms with Gasteiger partial charge >= 0.3 is 0 Å². The van der Waals surface area contributed by atoms with Gasteiger partial charge in [0.2, 0.25) is 0 Å². The van der Waals surface area contributed by atoms with Crippen molar-refractivity contribution in [2.45, 2.75) is 6.92 Å². The van der Waals surface area contributed by atoms with E-state index in [0.717, 1.165) is 6.07 Å². The van der Waals surface area contributed by atoms with E-state index in [0.29, 0.717) is 21.0 Å². The monoisotopic (exact) mass is 342 g/mol. The van der Waals surface area contributed by atoms with Crippen LogP contribution in [0.1, 0.15) is 17.3 Å². The van der Waals surface area contributed by atoms with Gasteiger partial charge in [-0.25, -0.2) is 4.39 Å². The maximum atomic E-state index is 13.1. The number of rotatable bonds is 3. The first-order valence-corrected chi connectivity index (χ1v) is 6.58. The van der Waals surface area contributed by atoms with Gasteiger partial charge in [-0.15, -0.1) is 0 Å². The molecule has 0 spiro atoms. The second kappa shape index (κ2) is 5.72. The summed E-state index contributed by atoms with van der Waals surface area (Å²) in [4.78, 5) is 11.5. The van der Waals surface area contributed by atoms with Crippen molar-refractivity contribution < 1.29 is 13.9 Å². The van der Waals surface area contributed by atoms with Crippen LogP contribution in [-0.2, 0) is 0 Å². The minimum atomic E-state index is -0.479. The van der Waals surface area contributed by atoms with E-state index in [2.05, 4.69) is 15.9 Å². The highest BCUT2D eigenvalue weighted by atomic mass is 79.9. The first-order chi connectivity index (χ1) is 8.97. The van der Waals surface area contributed by atoms with E-state index in [1.54, 1.807) is 18.2 Å². The molecule has 0 unspecified atom stereocenters. The third-order valence-corrected chi connectivity index (χ3v) is 3.29. The van der Waals surface area contributed by atoms with Crippen molar-refractivity contribution in [2.75, 3.05) is 0 Å². The molecule has 0 N–H and O–H groups in total. The summed E-state index contributed by atoms with van der Waals surface area (Å²) in [7, 11) is 0. The summed E-state index contributed by atoms with van der Waals surface area (Å²) in [5.41, 5.74) is 0.196. The normalized spacial score (nSPS) is 10.3. The zero-order chi connectivity index (χ0) is 14.0. The van der Waals surface area contributed by atoms with Crippen LogP contribution in [0.4, 0.5) is 4.39 Å². The number of benzene rings is 2. The molecule has 5 heteroatoms. The summed E-state index contributed by atoms with van der Waals surface area (Å²) in [6.07, 6.45) is 0. The van der Waals surface area contributed by atoms with Crippen LogP contribution in [0.2, 0.25) is 5.02 Å². The summed E-state index contributed by atoms with van der Waals surface area (Å²) in [6.45, 7) is 1.36. The maximum Gasteiger partial charge on any atom is 0.163 e. The van der Waals surface area contributed by atoms with Crippen LogP contribution in [0.3, 0.4) is 0 Å². The Kier molecular flexibility index (Phi) is 4.22. The molecule has 0 bridgehead atoms. The fourth-order valence-electron chi connectivity index (χ4n) is 1.54. The summed E-state index contributed by atoms with van der Waals surface area (Å²) >= 11 is 9.15. The zero-order valence-electron chi connectivity index (χ0n) is 9.91. The second-order valence-corrected chi connectivity index (χ2v) is 5.16. The second-order valence-electron chi connectivity index (χ2n) is 3.87. The van der Waals surface area contributed by atoms with Crippen molar-refractivity contribution in [3.05, 3.63) is 57.3 Å². The summed E-state index contributed by atoms with van der Waals surface area (Å²) in [6, 6.07) is 8.83. The lowest BCUT2D eigenvalue weighted by atomic mass is 10.1. The number of halogens is 3. The number of carbonyl (C=O) groups excluding carboxylic acids is 1. The van der Waals surface area contributed by atoms with E-state index in [1.165, 1.54) is 19.1 Å². The minimum Gasteiger partial charge on any atom is -0.455 e. The van der Waals surface area contributed by atoms with Crippen LogP contribution in [0.5, 0.6) is 11.5 Å². The van der Waals surface area contributed by atoms with Gasteiger partial charge in [0.15, 0.2) is 5.78 Å². The molecule has 0 saturated heterocycles. The number of hydrogen-bond acceptors (Lipinski definition) is 2. The molecule has 0 saturated carbocycles. The van der Waals surface area contributed by atoms with Crippen molar-refractivity contribution in [3.63, 3.8) is 0 Å². The number of ketones is 1. The fourth-order valence-corrected chi connectivity index (χ4v) is 2.31. The van der Waals surface area contributed by atoms with E-state index in [1.807, 2.05) is 0 Å². The Balaban J connectivity index is 2.40. The van der Waals surface area contributed by atoms with Gasteiger partial charge in [-0.2, -0.15) is 0 Å². The highest BCUT2D eigenvalue weighted by Crippen LogP contribution is 2.33. The molecule has 19 heavy (non-hydrogen) atoms. The Morgan fingerprint density at radius 1 is 1.21 bits per heavy atom. The van der Waals surface area contributed by atoms with Gasteiger partial charge in [-0.05, 0) is 59.3 Å². The van der Waals surface area contributed by atoms with E-state index >= 15 is 0 Å². The number of ether oxygens (including phenoxy) is 1. The van der Waals surface area contributed by atoms with Crippen molar-refractivity contribution in [1.82, 2.24) is 0 Å². The molecule has 0 fully saturated rings. The molecule has 0 heterocycles. The van der Waals surface area contributed by atoms with Gasteiger partial charge in [0.1, 0.15) is 17.3 Å². The zero-order valence-corrected chi connectivity index (χ0v) is 12.3. The van der Waals surface area contributed by atoms with E-state index in [4.69, 9.17) is 16.3 Å². The smallest absolute Gasteiger partial charge is 0.163 e. The molecule has 0 aromatic heterocycles. The first-order valence-electron chi connectivity index (χ1n) is 5.41. The predicted molar refractivity (Wildman–Crippen MR) is 75.6 cm³/mol. The van der Waals surface area contributed by atoms with Gasteiger partial charge in [0, 0.05) is 5.02 Å². The average molecular weight is 344 g/mol. The van der Waals surface area contributed by atoms with Gasteiger partial charge in [0.25, 0.3) is 0 Å². The van der Waals surface area contributed by atoms with Gasteiger partial charge < -0.3 is 4.74 Å². The number of carbonyl (C=O) groups is 1. The predicted octanol–water partition coefficient (Wildman–Crippen LogP) is 5.24. The summed E-state index contributed by atoms with van der Waals surface area (Å²) in [5, 5.41) is 0.560. The SMILES string of the molecule is CC(=O)c1cc(F)ccc1Oc1ccc(Cl)cc1Br. The topological polar surface area (TPSA) is 26.3 Å². The minimum absolute atomic E-state index is 0.196. The van der Waals surface area contributed by atoms with Crippen molar-refractivity contribution in [2.24, 2.45) is 0 Å². The Bertz CT molecular complexity index is 643. The van der Waals surface area contributed by atoms with E-state index < -0.39 is 5.82 Å². The Morgan fingerprint density at radius 2 is 1.89 bits per heavy atom. The van der Waals surface area contributed by atoms with Gasteiger partial charge in [-0.1, -0.05) is 11.6 Å². The van der Waals surface area contributed by atoms with E-state index in [9.17, 15) is 9.18 Å². The van der Waals surface area contributed by atoms with Crippen LogP contribution in [0.15, 0.2) is 40.9 Å². The van der Waals surface area contributed by atoms with Crippen LogP contribution in [-0.4, -0.2) is 5.78 Å². The van der Waals surface area contributed by atoms with Crippen molar-refractivity contribution in [3.8, 4) is 11.5 Å². The molecular weight excluding hydrogens is 335 g/mol. The Hall–Kier alpha value is -1.39. The average Bonchev–Trinajstić information content (AvgIpc) is 2.34. The standard InChI is InChI=1S/C14H9BrClFO2/c1-8(18)11-7-10(17)3-5-13(11)19-14-4-2-9(16)6-12(14)15/h2-7H,1H3. The third-order valence-electron chi connectivity index (χ3n) is 2.43. The molecule has 2 aromatic rings. The largest absolute Gasteiger partial charge is 0.455 e. The molecule has 98 valence electrons. The molecular formula is C14H9BrClFO2. The van der Waals surface area contributed by atoms with E-state index in [-0.39, 0.29) is 11.3 Å². The Labute approximate surface area is 123 Å². The third kappa shape index (κ3) is 3.33.